The van der Waals surface area contributed by atoms with Crippen molar-refractivity contribution in [1.82, 2.24) is 0 Å². The normalized spacial score (nSPS) is 31.6. The molecule has 0 bridgehead atoms. The molecule has 0 amide bonds. The van der Waals surface area contributed by atoms with Gasteiger partial charge in [0.2, 0.25) is 0 Å². The minimum absolute atomic E-state index is 0.597. The summed E-state index contributed by atoms with van der Waals surface area (Å²) in [4.78, 5) is 0. The average Bonchev–Trinajstić information content (AvgIpc) is 3.24. The van der Waals surface area contributed by atoms with Crippen molar-refractivity contribution in [3.05, 3.63) is 22.3 Å². The Balaban J connectivity index is 1.72. The van der Waals surface area contributed by atoms with E-state index in [0.717, 1.165) is 11.8 Å². The lowest BCUT2D eigenvalue weighted by Crippen LogP contribution is -2.39. The molecule has 0 heterocycles. The smallest absolute Gasteiger partial charge is 0.0135 e. The van der Waals surface area contributed by atoms with Crippen molar-refractivity contribution in [2.24, 2.45) is 17.3 Å². The minimum Gasteiger partial charge on any atom is -0.0707 e. The number of hydrogen-bond donors (Lipinski definition) is 0. The second kappa shape index (κ2) is 6.41. The summed E-state index contributed by atoms with van der Waals surface area (Å²) in [6.07, 6.45) is 20.3. The van der Waals surface area contributed by atoms with Crippen LogP contribution in [0.4, 0.5) is 0 Å². The summed E-state index contributed by atoms with van der Waals surface area (Å²) < 4.78 is 0. The van der Waals surface area contributed by atoms with Crippen molar-refractivity contribution in [2.75, 3.05) is 0 Å². The van der Waals surface area contributed by atoms with Gasteiger partial charge in [-0.15, -0.1) is 0 Å². The van der Waals surface area contributed by atoms with Crippen molar-refractivity contribution in [2.45, 2.75) is 104 Å². The van der Waals surface area contributed by atoms with Gasteiger partial charge in [0.15, 0.2) is 0 Å². The Morgan fingerprint density at radius 2 is 1.22 bits per heavy atom. The predicted octanol–water partition coefficient (Wildman–Crippen LogP) is 7.35. The number of hydrogen-bond acceptors (Lipinski definition) is 0. The molecule has 0 unspecified atom stereocenters. The van der Waals surface area contributed by atoms with Gasteiger partial charge >= 0.3 is 0 Å². The van der Waals surface area contributed by atoms with Gasteiger partial charge in [0.05, 0.1) is 0 Å². The maximum atomic E-state index is 2.52. The number of rotatable bonds is 4. The van der Waals surface area contributed by atoms with Gasteiger partial charge in [-0.2, -0.15) is 0 Å². The predicted molar refractivity (Wildman–Crippen MR) is 99.5 cm³/mol. The molecule has 0 saturated carbocycles. The third-order valence-corrected chi connectivity index (χ3v) is 8.26. The van der Waals surface area contributed by atoms with Crippen LogP contribution in [0.5, 0.6) is 0 Å². The summed E-state index contributed by atoms with van der Waals surface area (Å²) in [7, 11) is 0. The maximum absolute atomic E-state index is 2.52. The van der Waals surface area contributed by atoms with E-state index in [9.17, 15) is 0 Å². The first-order chi connectivity index (χ1) is 11.3. The van der Waals surface area contributed by atoms with Crippen LogP contribution < -0.4 is 0 Å². The molecule has 0 fully saturated rings. The third-order valence-electron chi connectivity index (χ3n) is 8.26. The second-order valence-corrected chi connectivity index (χ2v) is 8.79. The standard InChI is InChI=1S/C23H36/c1-3-23(4-2,21-14-8-11-17-10-7-13-20(17)21)22-16-15-18-9-5-6-12-19(18)22/h21-22H,3-16H2,1-2H3/t21-,22+/m1/s1. The summed E-state index contributed by atoms with van der Waals surface area (Å²) in [6.45, 7) is 5.04. The first kappa shape index (κ1) is 16.0. The fourth-order valence-electron chi connectivity index (χ4n) is 7.17. The maximum Gasteiger partial charge on any atom is -0.0135 e. The van der Waals surface area contributed by atoms with E-state index in [1.807, 2.05) is 22.3 Å². The molecule has 128 valence electrons. The Hall–Kier alpha value is -0.520. The molecule has 0 spiro atoms. The zero-order chi connectivity index (χ0) is 15.9. The summed E-state index contributed by atoms with van der Waals surface area (Å²) in [5.41, 5.74) is 8.34. The van der Waals surface area contributed by atoms with Crippen LogP contribution in [0.1, 0.15) is 104 Å². The molecule has 0 radical (unpaired) electrons. The molecule has 2 atom stereocenters. The Kier molecular flexibility index (Phi) is 4.45. The van der Waals surface area contributed by atoms with Crippen LogP contribution in [-0.4, -0.2) is 0 Å². The van der Waals surface area contributed by atoms with Gasteiger partial charge in [0.25, 0.3) is 0 Å². The van der Waals surface area contributed by atoms with E-state index in [2.05, 4.69) is 13.8 Å². The van der Waals surface area contributed by atoms with E-state index in [4.69, 9.17) is 0 Å². The topological polar surface area (TPSA) is 0 Å². The molecule has 0 nitrogen and oxygen atoms in total. The SMILES string of the molecule is CCC(CC)([C@@H]1CCCC2=C1CCC2)[C@H]1CCC2=C1CCCC2. The second-order valence-electron chi connectivity index (χ2n) is 8.79. The van der Waals surface area contributed by atoms with Crippen molar-refractivity contribution >= 4 is 0 Å². The van der Waals surface area contributed by atoms with Crippen molar-refractivity contribution in [3.63, 3.8) is 0 Å². The van der Waals surface area contributed by atoms with Crippen LogP contribution in [0.2, 0.25) is 0 Å². The van der Waals surface area contributed by atoms with Gasteiger partial charge in [0.1, 0.15) is 0 Å². The van der Waals surface area contributed by atoms with Gasteiger partial charge < -0.3 is 0 Å². The molecule has 4 rings (SSSR count). The van der Waals surface area contributed by atoms with Crippen LogP contribution >= 0.6 is 0 Å². The Bertz CT molecular complexity index is 514. The highest BCUT2D eigenvalue weighted by Crippen LogP contribution is 2.60. The number of allylic oxidation sites excluding steroid dienone is 4. The Morgan fingerprint density at radius 1 is 0.652 bits per heavy atom. The fraction of sp³-hybridized carbons (Fsp3) is 0.826. The summed E-state index contributed by atoms with van der Waals surface area (Å²) in [5.74, 6) is 1.87. The molecule has 0 aromatic carbocycles. The molecule has 0 N–H and O–H groups in total. The zero-order valence-electron chi connectivity index (χ0n) is 15.6. The Labute approximate surface area is 143 Å². The van der Waals surface area contributed by atoms with Crippen LogP contribution in [-0.2, 0) is 0 Å². The van der Waals surface area contributed by atoms with Crippen molar-refractivity contribution in [3.8, 4) is 0 Å². The molecule has 0 aromatic heterocycles. The largest absolute Gasteiger partial charge is 0.0707 e. The van der Waals surface area contributed by atoms with E-state index in [1.165, 1.54) is 89.9 Å². The van der Waals surface area contributed by atoms with Gasteiger partial charge in [-0.1, -0.05) is 36.1 Å². The summed E-state index contributed by atoms with van der Waals surface area (Å²) >= 11 is 0. The summed E-state index contributed by atoms with van der Waals surface area (Å²) in [5, 5.41) is 0. The molecule has 4 aliphatic rings. The van der Waals surface area contributed by atoms with Gasteiger partial charge in [-0.3, -0.25) is 0 Å². The molecular weight excluding hydrogens is 276 g/mol. The molecule has 0 aromatic rings. The van der Waals surface area contributed by atoms with Gasteiger partial charge in [-0.25, -0.2) is 0 Å². The highest BCUT2D eigenvalue weighted by Gasteiger charge is 2.48. The summed E-state index contributed by atoms with van der Waals surface area (Å²) in [6, 6.07) is 0. The monoisotopic (exact) mass is 312 g/mol. The average molecular weight is 313 g/mol. The van der Waals surface area contributed by atoms with Gasteiger partial charge in [-0.05, 0) is 107 Å². The molecule has 4 aliphatic carbocycles. The lowest BCUT2D eigenvalue weighted by atomic mass is 9.56. The first-order valence-corrected chi connectivity index (χ1v) is 10.7. The molecule has 0 saturated heterocycles. The van der Waals surface area contributed by atoms with Crippen molar-refractivity contribution < 1.29 is 0 Å². The fourth-order valence-corrected chi connectivity index (χ4v) is 7.17. The van der Waals surface area contributed by atoms with Crippen LogP contribution in [0.15, 0.2) is 22.3 Å². The van der Waals surface area contributed by atoms with E-state index in [1.54, 1.807) is 0 Å². The molecule has 0 aliphatic heterocycles. The van der Waals surface area contributed by atoms with Crippen LogP contribution in [0.3, 0.4) is 0 Å². The van der Waals surface area contributed by atoms with Gasteiger partial charge in [0, 0.05) is 0 Å². The van der Waals surface area contributed by atoms with E-state index >= 15 is 0 Å². The van der Waals surface area contributed by atoms with E-state index in [0.29, 0.717) is 5.41 Å². The van der Waals surface area contributed by atoms with E-state index < -0.39 is 0 Å². The molecule has 23 heavy (non-hydrogen) atoms. The third kappa shape index (κ3) is 2.47. The highest BCUT2D eigenvalue weighted by atomic mass is 14.5. The molecule has 0 heteroatoms. The lowest BCUT2D eigenvalue weighted by Gasteiger charge is -2.48. The van der Waals surface area contributed by atoms with Crippen molar-refractivity contribution in [1.29, 1.82) is 0 Å². The first-order valence-electron chi connectivity index (χ1n) is 10.7. The quantitative estimate of drug-likeness (QED) is 0.476. The lowest BCUT2D eigenvalue weighted by molar-refractivity contribution is 0.0831. The molecular formula is C23H36. The minimum atomic E-state index is 0.597. The van der Waals surface area contributed by atoms with Crippen LogP contribution in [0, 0.1) is 17.3 Å². The van der Waals surface area contributed by atoms with E-state index in [-0.39, 0.29) is 0 Å². The highest BCUT2D eigenvalue weighted by molar-refractivity contribution is 5.32. The Morgan fingerprint density at radius 3 is 2.00 bits per heavy atom. The zero-order valence-corrected chi connectivity index (χ0v) is 15.6. The van der Waals surface area contributed by atoms with Crippen LogP contribution in [0.25, 0.3) is 0 Å².